The van der Waals surface area contributed by atoms with Gasteiger partial charge in [-0.05, 0) is 36.4 Å². The molecule has 136 valence electrons. The van der Waals surface area contributed by atoms with E-state index in [-0.39, 0.29) is 10.6 Å². The van der Waals surface area contributed by atoms with Crippen LogP contribution < -0.4 is 4.72 Å². The molecular formula is C14H12F3NO5S2. The molecule has 0 saturated carbocycles. The van der Waals surface area contributed by atoms with Gasteiger partial charge in [-0.25, -0.2) is 30.0 Å². The Hall–Kier alpha value is -2.11. The summed E-state index contributed by atoms with van der Waals surface area (Å²) in [6.07, 6.45) is 0. The molecule has 0 heterocycles. The molecule has 0 amide bonds. The Labute approximate surface area is 141 Å². The molecule has 0 spiro atoms. The average molecular weight is 395 g/mol. The zero-order valence-electron chi connectivity index (χ0n) is 12.4. The Kier molecular flexibility index (Phi) is 5.40. The fourth-order valence-corrected chi connectivity index (χ4v) is 4.05. The summed E-state index contributed by atoms with van der Waals surface area (Å²) in [4.78, 5) is -1.24. The van der Waals surface area contributed by atoms with Crippen molar-refractivity contribution in [2.45, 2.75) is 9.79 Å². The lowest BCUT2D eigenvalue weighted by atomic mass is 10.3. The summed E-state index contributed by atoms with van der Waals surface area (Å²) in [7, 11) is -8.28. The van der Waals surface area contributed by atoms with Gasteiger partial charge >= 0.3 is 0 Å². The lowest BCUT2D eigenvalue weighted by Crippen LogP contribution is -2.16. The van der Waals surface area contributed by atoms with Crippen LogP contribution in [0, 0.1) is 17.5 Å². The molecule has 6 nitrogen and oxygen atoms in total. The summed E-state index contributed by atoms with van der Waals surface area (Å²) in [6.45, 7) is -0.577. The van der Waals surface area contributed by atoms with Gasteiger partial charge in [0, 0.05) is 5.69 Å². The predicted octanol–water partition coefficient (Wildman–Crippen LogP) is 1.67. The third-order valence-electron chi connectivity index (χ3n) is 3.11. The van der Waals surface area contributed by atoms with Crippen molar-refractivity contribution in [1.29, 1.82) is 0 Å². The van der Waals surface area contributed by atoms with Crippen molar-refractivity contribution in [1.82, 2.24) is 0 Å². The molecular weight excluding hydrogens is 383 g/mol. The van der Waals surface area contributed by atoms with Crippen LogP contribution in [0.2, 0.25) is 0 Å². The zero-order valence-corrected chi connectivity index (χ0v) is 14.0. The molecule has 2 aromatic rings. The van der Waals surface area contributed by atoms with Crippen molar-refractivity contribution in [3.05, 3.63) is 53.8 Å². The maximum Gasteiger partial charge on any atom is 0.264 e. The highest BCUT2D eigenvalue weighted by molar-refractivity contribution is 7.92. The number of benzene rings is 2. The SMILES string of the molecule is O=S(=O)(CCO)c1ccc(NS(=O)(=O)c2ccc(F)c(F)c2F)cc1. The van der Waals surface area contributed by atoms with Gasteiger partial charge in [0.25, 0.3) is 10.0 Å². The number of hydrogen-bond donors (Lipinski definition) is 2. The fourth-order valence-electron chi connectivity index (χ4n) is 1.89. The number of sulfonamides is 1. The topological polar surface area (TPSA) is 101 Å². The van der Waals surface area contributed by atoms with E-state index in [1.165, 1.54) is 0 Å². The number of hydrogen-bond acceptors (Lipinski definition) is 5. The molecule has 0 radical (unpaired) electrons. The van der Waals surface area contributed by atoms with E-state index in [1.807, 2.05) is 4.72 Å². The van der Waals surface area contributed by atoms with E-state index in [2.05, 4.69) is 0 Å². The number of anilines is 1. The van der Waals surface area contributed by atoms with Gasteiger partial charge in [0.15, 0.2) is 27.3 Å². The molecule has 0 aliphatic heterocycles. The standard InChI is InChI=1S/C14H12F3NO5S2/c15-11-5-6-12(14(17)13(11)16)25(22,23)18-9-1-3-10(4-2-9)24(20,21)8-7-19/h1-6,18-19H,7-8H2. The van der Waals surface area contributed by atoms with E-state index in [0.717, 1.165) is 24.3 Å². The Morgan fingerprint density at radius 3 is 2.04 bits per heavy atom. The number of sulfone groups is 1. The van der Waals surface area contributed by atoms with Gasteiger partial charge in [0.2, 0.25) is 0 Å². The van der Waals surface area contributed by atoms with Crippen molar-refractivity contribution in [3.8, 4) is 0 Å². The lowest BCUT2D eigenvalue weighted by Gasteiger charge is -2.10. The molecule has 2 aromatic carbocycles. The number of aliphatic hydroxyl groups is 1. The molecule has 0 aliphatic carbocycles. The zero-order chi connectivity index (χ0) is 18.8. The maximum absolute atomic E-state index is 13.6. The second-order valence-corrected chi connectivity index (χ2v) is 8.61. The molecule has 0 aliphatic rings. The van der Waals surface area contributed by atoms with Crippen molar-refractivity contribution in [2.75, 3.05) is 17.1 Å². The summed E-state index contributed by atoms with van der Waals surface area (Å²) >= 11 is 0. The molecule has 11 heteroatoms. The van der Waals surface area contributed by atoms with Crippen LogP contribution in [-0.4, -0.2) is 34.3 Å². The first-order valence-corrected chi connectivity index (χ1v) is 9.82. The molecule has 0 fully saturated rings. The highest BCUT2D eigenvalue weighted by atomic mass is 32.2. The highest BCUT2D eigenvalue weighted by Gasteiger charge is 2.24. The lowest BCUT2D eigenvalue weighted by molar-refractivity contribution is 0.319. The molecule has 0 bridgehead atoms. The van der Waals surface area contributed by atoms with Crippen LogP contribution in [0.1, 0.15) is 0 Å². The molecule has 2 N–H and O–H groups in total. The summed E-state index contributed by atoms with van der Waals surface area (Å²) in [6, 6.07) is 5.40. The summed E-state index contributed by atoms with van der Waals surface area (Å²) < 4.78 is 89.3. The van der Waals surface area contributed by atoms with E-state index < -0.39 is 54.6 Å². The van der Waals surface area contributed by atoms with Gasteiger partial charge < -0.3 is 5.11 Å². The maximum atomic E-state index is 13.6. The first-order valence-electron chi connectivity index (χ1n) is 6.68. The first kappa shape index (κ1) is 19.2. The number of nitrogens with one attached hydrogen (secondary N) is 1. The van der Waals surface area contributed by atoms with Gasteiger partial charge in [0.1, 0.15) is 4.90 Å². The van der Waals surface area contributed by atoms with Crippen molar-refractivity contribution < 1.29 is 35.1 Å². The summed E-state index contributed by atoms with van der Waals surface area (Å²) in [5, 5.41) is 8.70. The van der Waals surface area contributed by atoms with Crippen LogP contribution in [0.15, 0.2) is 46.2 Å². The Morgan fingerprint density at radius 2 is 1.48 bits per heavy atom. The summed E-state index contributed by atoms with van der Waals surface area (Å²) in [5.74, 6) is -5.82. The largest absolute Gasteiger partial charge is 0.395 e. The second-order valence-electron chi connectivity index (χ2n) is 4.85. The van der Waals surface area contributed by atoms with Gasteiger partial charge in [-0.2, -0.15) is 0 Å². The van der Waals surface area contributed by atoms with E-state index in [1.54, 1.807) is 0 Å². The number of halogens is 3. The first-order chi connectivity index (χ1) is 11.6. The van der Waals surface area contributed by atoms with Gasteiger partial charge in [-0.1, -0.05) is 0 Å². The van der Waals surface area contributed by atoms with Gasteiger partial charge in [-0.15, -0.1) is 0 Å². The second kappa shape index (κ2) is 7.02. The van der Waals surface area contributed by atoms with Gasteiger partial charge in [-0.3, -0.25) is 4.72 Å². The predicted molar refractivity (Wildman–Crippen MR) is 82.7 cm³/mol. The fraction of sp³-hybridized carbons (Fsp3) is 0.143. The van der Waals surface area contributed by atoms with Crippen molar-refractivity contribution >= 4 is 25.5 Å². The quantitative estimate of drug-likeness (QED) is 0.725. The van der Waals surface area contributed by atoms with Crippen molar-refractivity contribution in [3.63, 3.8) is 0 Å². The van der Waals surface area contributed by atoms with Crippen LogP contribution in [0.4, 0.5) is 18.9 Å². The van der Waals surface area contributed by atoms with E-state index in [9.17, 15) is 30.0 Å². The molecule has 0 unspecified atom stereocenters. The minimum Gasteiger partial charge on any atom is -0.395 e. The van der Waals surface area contributed by atoms with Crippen LogP contribution in [0.3, 0.4) is 0 Å². The van der Waals surface area contributed by atoms with Crippen LogP contribution >= 0.6 is 0 Å². The third-order valence-corrected chi connectivity index (χ3v) is 6.22. The number of rotatable bonds is 6. The average Bonchev–Trinajstić information content (AvgIpc) is 2.52. The molecule has 0 atom stereocenters. The normalized spacial score (nSPS) is 12.2. The van der Waals surface area contributed by atoms with E-state index in [4.69, 9.17) is 5.11 Å². The Bertz CT molecular complexity index is 990. The van der Waals surface area contributed by atoms with E-state index >= 15 is 0 Å². The summed E-state index contributed by atoms with van der Waals surface area (Å²) in [5.41, 5.74) is -0.118. The van der Waals surface area contributed by atoms with Crippen LogP contribution in [0.25, 0.3) is 0 Å². The number of aliphatic hydroxyl groups excluding tert-OH is 1. The van der Waals surface area contributed by atoms with E-state index in [0.29, 0.717) is 12.1 Å². The Morgan fingerprint density at radius 1 is 0.880 bits per heavy atom. The van der Waals surface area contributed by atoms with Gasteiger partial charge in [0.05, 0.1) is 17.3 Å². The smallest absolute Gasteiger partial charge is 0.264 e. The third kappa shape index (κ3) is 4.11. The highest BCUT2D eigenvalue weighted by Crippen LogP contribution is 2.23. The minimum absolute atomic E-state index is 0.118. The van der Waals surface area contributed by atoms with Crippen LogP contribution in [-0.2, 0) is 19.9 Å². The molecule has 0 saturated heterocycles. The van der Waals surface area contributed by atoms with Crippen molar-refractivity contribution in [2.24, 2.45) is 0 Å². The minimum atomic E-state index is -4.56. The molecule has 2 rings (SSSR count). The molecule has 0 aromatic heterocycles. The molecule has 25 heavy (non-hydrogen) atoms. The monoisotopic (exact) mass is 395 g/mol. The Balaban J connectivity index is 2.32. The van der Waals surface area contributed by atoms with Crippen LogP contribution in [0.5, 0.6) is 0 Å².